The topological polar surface area (TPSA) is 35.2 Å². The van der Waals surface area contributed by atoms with Crippen LogP contribution in [0, 0.1) is 17.5 Å². The van der Waals surface area contributed by atoms with Crippen LogP contribution in [0.25, 0.3) is 0 Å². The predicted molar refractivity (Wildman–Crippen MR) is 72.7 cm³/mol. The van der Waals surface area contributed by atoms with E-state index in [1.807, 2.05) is 0 Å². The number of hydrogen-bond acceptors (Lipinski definition) is 2. The summed E-state index contributed by atoms with van der Waals surface area (Å²) in [5.74, 6) is -4.88. The molecule has 9 heteroatoms. The number of halogens is 7. The fourth-order valence-corrected chi connectivity index (χ4v) is 1.82. The van der Waals surface area contributed by atoms with Crippen molar-refractivity contribution < 1.29 is 31.1 Å². The van der Waals surface area contributed by atoms with Gasteiger partial charge in [-0.2, -0.15) is 0 Å². The minimum absolute atomic E-state index is 0. The molecule has 0 aliphatic heterocycles. The Morgan fingerprint density at radius 1 is 0.870 bits per heavy atom. The van der Waals surface area contributed by atoms with E-state index in [2.05, 4.69) is 4.74 Å². The van der Waals surface area contributed by atoms with Crippen LogP contribution in [0.3, 0.4) is 0 Å². The van der Waals surface area contributed by atoms with Gasteiger partial charge in [0.25, 0.3) is 0 Å². The van der Waals surface area contributed by atoms with Crippen LogP contribution in [0.5, 0.6) is 5.75 Å². The van der Waals surface area contributed by atoms with Gasteiger partial charge in [0.15, 0.2) is 17.5 Å². The van der Waals surface area contributed by atoms with Crippen LogP contribution in [0.1, 0.15) is 17.2 Å². The summed E-state index contributed by atoms with van der Waals surface area (Å²) in [6, 6.07) is 4.87. The van der Waals surface area contributed by atoms with Crippen molar-refractivity contribution in [1.29, 1.82) is 0 Å². The molecule has 0 spiro atoms. The van der Waals surface area contributed by atoms with Crippen LogP contribution in [-0.4, -0.2) is 6.36 Å². The van der Waals surface area contributed by atoms with Gasteiger partial charge in [0.05, 0.1) is 6.04 Å². The molecule has 2 aromatic carbocycles. The molecular formula is C14H10ClF6NO. The molecule has 0 saturated carbocycles. The summed E-state index contributed by atoms with van der Waals surface area (Å²) in [6.45, 7) is 0. The minimum atomic E-state index is -4.83. The highest BCUT2D eigenvalue weighted by Crippen LogP contribution is 2.27. The third kappa shape index (κ3) is 4.77. The Morgan fingerprint density at radius 2 is 1.35 bits per heavy atom. The largest absolute Gasteiger partial charge is 0.573 e. The van der Waals surface area contributed by atoms with Gasteiger partial charge in [-0.15, -0.1) is 25.6 Å². The molecule has 0 radical (unpaired) electrons. The van der Waals surface area contributed by atoms with Gasteiger partial charge in [-0.25, -0.2) is 13.2 Å². The van der Waals surface area contributed by atoms with E-state index in [0.29, 0.717) is 0 Å². The summed E-state index contributed by atoms with van der Waals surface area (Å²) in [5, 5.41) is 0. The van der Waals surface area contributed by atoms with Crippen LogP contribution in [0.4, 0.5) is 26.3 Å². The van der Waals surface area contributed by atoms with Gasteiger partial charge in [0, 0.05) is 0 Å². The highest BCUT2D eigenvalue weighted by molar-refractivity contribution is 5.85. The summed E-state index contributed by atoms with van der Waals surface area (Å²) in [7, 11) is 0. The summed E-state index contributed by atoms with van der Waals surface area (Å²) in [4.78, 5) is 0. The SMILES string of the molecule is Cl.N[C@H](c1ccc(OC(F)(F)F)cc1)c1cc(F)c(F)c(F)c1. The fourth-order valence-electron chi connectivity index (χ4n) is 1.82. The van der Waals surface area contributed by atoms with E-state index >= 15 is 0 Å². The maximum absolute atomic E-state index is 13.2. The minimum Gasteiger partial charge on any atom is -0.406 e. The number of hydrogen-bond donors (Lipinski definition) is 1. The highest BCUT2D eigenvalue weighted by Gasteiger charge is 2.31. The first-order valence-electron chi connectivity index (χ1n) is 5.93. The van der Waals surface area contributed by atoms with Gasteiger partial charge in [0.1, 0.15) is 5.75 Å². The lowest BCUT2D eigenvalue weighted by atomic mass is 9.99. The van der Waals surface area contributed by atoms with Crippen LogP contribution in [0.2, 0.25) is 0 Å². The maximum atomic E-state index is 13.2. The van der Waals surface area contributed by atoms with Crippen molar-refractivity contribution >= 4 is 12.4 Å². The average molecular weight is 358 g/mol. The Kier molecular flexibility index (Phi) is 5.90. The summed E-state index contributed by atoms with van der Waals surface area (Å²) < 4.78 is 78.9. The summed E-state index contributed by atoms with van der Waals surface area (Å²) in [6.07, 6.45) is -4.83. The smallest absolute Gasteiger partial charge is 0.406 e. The van der Waals surface area contributed by atoms with Crippen molar-refractivity contribution in [3.8, 4) is 5.75 Å². The molecule has 0 saturated heterocycles. The second kappa shape index (κ2) is 7.10. The van der Waals surface area contributed by atoms with E-state index in [9.17, 15) is 26.3 Å². The molecule has 0 aliphatic carbocycles. The molecular weight excluding hydrogens is 348 g/mol. The monoisotopic (exact) mass is 357 g/mol. The van der Waals surface area contributed by atoms with Gasteiger partial charge < -0.3 is 10.5 Å². The zero-order valence-corrected chi connectivity index (χ0v) is 12.0. The molecule has 2 aromatic rings. The molecule has 0 heterocycles. The van der Waals surface area contributed by atoms with Crippen LogP contribution >= 0.6 is 12.4 Å². The lowest BCUT2D eigenvalue weighted by Crippen LogP contribution is -2.17. The fraction of sp³-hybridized carbons (Fsp3) is 0.143. The number of alkyl halides is 3. The molecule has 0 aliphatic rings. The Balaban J connectivity index is 0.00000264. The predicted octanol–water partition coefficient (Wildman–Crippen LogP) is 4.47. The van der Waals surface area contributed by atoms with E-state index in [1.165, 1.54) is 12.1 Å². The van der Waals surface area contributed by atoms with Crippen LogP contribution in [0.15, 0.2) is 36.4 Å². The van der Waals surface area contributed by atoms with Crippen molar-refractivity contribution in [3.05, 3.63) is 65.0 Å². The third-order valence-electron chi connectivity index (χ3n) is 2.84. The second-order valence-electron chi connectivity index (χ2n) is 4.39. The molecule has 0 aromatic heterocycles. The van der Waals surface area contributed by atoms with E-state index in [4.69, 9.17) is 5.73 Å². The van der Waals surface area contributed by atoms with Gasteiger partial charge >= 0.3 is 6.36 Å². The number of ether oxygens (including phenoxy) is 1. The summed E-state index contributed by atoms with van der Waals surface area (Å²) >= 11 is 0. The first-order chi connectivity index (χ1) is 10.2. The van der Waals surface area contributed by atoms with Gasteiger partial charge in [0.2, 0.25) is 0 Å². The van der Waals surface area contributed by atoms with Crippen molar-refractivity contribution in [2.45, 2.75) is 12.4 Å². The molecule has 0 bridgehead atoms. The van der Waals surface area contributed by atoms with E-state index < -0.39 is 35.6 Å². The lowest BCUT2D eigenvalue weighted by molar-refractivity contribution is -0.274. The Labute approximate surface area is 133 Å². The van der Waals surface area contributed by atoms with Crippen molar-refractivity contribution in [1.82, 2.24) is 0 Å². The lowest BCUT2D eigenvalue weighted by Gasteiger charge is -2.14. The molecule has 23 heavy (non-hydrogen) atoms. The van der Waals surface area contributed by atoms with E-state index in [1.54, 1.807) is 0 Å². The standard InChI is InChI=1S/C14H9F6NO.ClH/c15-10-5-8(6-11(16)12(10)17)13(21)7-1-3-9(4-2-7)22-14(18,19)20;/h1-6,13H,21H2;1H/t13-;/m1./s1. The molecule has 126 valence electrons. The number of nitrogens with two attached hydrogens (primary N) is 1. The van der Waals surface area contributed by atoms with Crippen molar-refractivity contribution in [3.63, 3.8) is 0 Å². The zero-order chi connectivity index (χ0) is 16.5. The van der Waals surface area contributed by atoms with Gasteiger partial charge in [-0.1, -0.05) is 12.1 Å². The third-order valence-corrected chi connectivity index (χ3v) is 2.84. The van der Waals surface area contributed by atoms with E-state index in [-0.39, 0.29) is 23.5 Å². The molecule has 2 nitrogen and oxygen atoms in total. The number of benzene rings is 2. The second-order valence-corrected chi connectivity index (χ2v) is 4.39. The first-order valence-corrected chi connectivity index (χ1v) is 5.93. The van der Waals surface area contributed by atoms with Crippen LogP contribution < -0.4 is 10.5 Å². The van der Waals surface area contributed by atoms with E-state index in [0.717, 1.165) is 24.3 Å². The Hall–Kier alpha value is -1.93. The van der Waals surface area contributed by atoms with Gasteiger partial charge in [-0.3, -0.25) is 0 Å². The molecule has 2 N–H and O–H groups in total. The van der Waals surface area contributed by atoms with Crippen LogP contribution in [-0.2, 0) is 0 Å². The van der Waals surface area contributed by atoms with Crippen molar-refractivity contribution in [2.75, 3.05) is 0 Å². The van der Waals surface area contributed by atoms with Crippen molar-refractivity contribution in [2.24, 2.45) is 5.73 Å². The maximum Gasteiger partial charge on any atom is 0.573 e. The normalized spacial score (nSPS) is 12.5. The molecule has 0 amide bonds. The zero-order valence-electron chi connectivity index (χ0n) is 11.2. The highest BCUT2D eigenvalue weighted by atomic mass is 35.5. The Bertz CT molecular complexity index is 651. The van der Waals surface area contributed by atoms with Gasteiger partial charge in [-0.05, 0) is 35.4 Å². The first kappa shape index (κ1) is 19.1. The quantitative estimate of drug-likeness (QED) is 0.649. The molecule has 0 fully saturated rings. The number of rotatable bonds is 3. The molecule has 1 atom stereocenters. The summed E-state index contributed by atoms with van der Waals surface area (Å²) in [5.41, 5.74) is 5.99. The Morgan fingerprint density at radius 3 is 1.78 bits per heavy atom. The molecule has 0 unspecified atom stereocenters. The molecule has 2 rings (SSSR count). The average Bonchev–Trinajstić information content (AvgIpc) is 2.42.